The molecule has 0 aliphatic rings. The molecule has 1 N–H and O–H groups in total. The second-order valence-electron chi connectivity index (χ2n) is 6.78. The van der Waals surface area contributed by atoms with Crippen molar-refractivity contribution in [2.24, 2.45) is 0 Å². The monoisotopic (exact) mass is 390 g/mol. The first-order valence-corrected chi connectivity index (χ1v) is 10.5. The van der Waals surface area contributed by atoms with Crippen molar-refractivity contribution in [3.8, 4) is 5.75 Å². The number of benzene rings is 2. The Kier molecular flexibility index (Phi) is 6.49. The minimum Gasteiger partial charge on any atom is -0.491 e. The van der Waals surface area contributed by atoms with Crippen LogP contribution in [0, 0.1) is 13.8 Å². The van der Waals surface area contributed by atoms with Crippen LogP contribution >= 0.6 is 0 Å². The van der Waals surface area contributed by atoms with Crippen molar-refractivity contribution in [1.29, 1.82) is 0 Å². The lowest BCUT2D eigenvalue weighted by molar-refractivity contribution is -0.114. The first-order valence-electron chi connectivity index (χ1n) is 8.68. The Morgan fingerprint density at radius 3 is 2.41 bits per heavy atom. The number of amides is 1. The maximum atomic E-state index is 12.5. The van der Waals surface area contributed by atoms with Gasteiger partial charge in [-0.2, -0.15) is 0 Å². The number of hydrogen-bond acceptors (Lipinski definition) is 4. The average molecular weight is 391 g/mol. The molecular weight excluding hydrogens is 364 g/mol. The van der Waals surface area contributed by atoms with E-state index >= 15 is 0 Å². The summed E-state index contributed by atoms with van der Waals surface area (Å²) in [6.45, 7) is 7.39. The molecule has 1 amide bonds. The van der Waals surface area contributed by atoms with Gasteiger partial charge in [-0.1, -0.05) is 12.1 Å². The number of sulfonamides is 1. The molecule has 146 valence electrons. The van der Waals surface area contributed by atoms with Crippen LogP contribution in [0.15, 0.2) is 42.5 Å². The molecule has 0 radical (unpaired) electrons. The Balaban J connectivity index is 2.22. The molecule has 0 unspecified atom stereocenters. The quantitative estimate of drug-likeness (QED) is 0.785. The highest BCUT2D eigenvalue weighted by molar-refractivity contribution is 7.92. The van der Waals surface area contributed by atoms with Gasteiger partial charge in [0.2, 0.25) is 15.9 Å². The standard InChI is InChI=1S/C20H26N2O4S/c1-14(2)26-19-8-6-7-18(12-19)22(27(5,24)25)13-20(23)21-17-10-9-15(3)16(4)11-17/h6-12,14H,13H2,1-5H3,(H,21,23). The zero-order chi connectivity index (χ0) is 20.2. The van der Waals surface area contributed by atoms with Crippen LogP contribution in [-0.4, -0.2) is 33.2 Å². The second-order valence-corrected chi connectivity index (χ2v) is 8.69. The minimum absolute atomic E-state index is 0.0417. The topological polar surface area (TPSA) is 75.7 Å². The molecular formula is C20H26N2O4S. The van der Waals surface area contributed by atoms with E-state index in [0.29, 0.717) is 17.1 Å². The molecule has 0 aliphatic heterocycles. The van der Waals surface area contributed by atoms with Gasteiger partial charge in [0.1, 0.15) is 12.3 Å². The zero-order valence-corrected chi connectivity index (χ0v) is 17.1. The molecule has 0 heterocycles. The van der Waals surface area contributed by atoms with E-state index in [4.69, 9.17) is 4.74 Å². The van der Waals surface area contributed by atoms with Crippen LogP contribution in [0.4, 0.5) is 11.4 Å². The van der Waals surface area contributed by atoms with Gasteiger partial charge in [-0.3, -0.25) is 9.10 Å². The maximum Gasteiger partial charge on any atom is 0.245 e. The molecule has 0 saturated carbocycles. The van der Waals surface area contributed by atoms with Crippen molar-refractivity contribution in [3.05, 3.63) is 53.6 Å². The number of hydrogen-bond donors (Lipinski definition) is 1. The van der Waals surface area contributed by atoms with Crippen LogP contribution in [0.25, 0.3) is 0 Å². The van der Waals surface area contributed by atoms with Crippen molar-refractivity contribution < 1.29 is 17.9 Å². The van der Waals surface area contributed by atoms with Crippen LogP contribution in [0.5, 0.6) is 5.75 Å². The Hall–Kier alpha value is -2.54. The van der Waals surface area contributed by atoms with Gasteiger partial charge in [0.15, 0.2) is 0 Å². The molecule has 6 nitrogen and oxygen atoms in total. The largest absolute Gasteiger partial charge is 0.491 e. The summed E-state index contributed by atoms with van der Waals surface area (Å²) >= 11 is 0. The van der Waals surface area contributed by atoms with Gasteiger partial charge in [0.05, 0.1) is 18.0 Å². The molecule has 0 aliphatic carbocycles. The molecule has 27 heavy (non-hydrogen) atoms. The van der Waals surface area contributed by atoms with Gasteiger partial charge in [-0.25, -0.2) is 8.42 Å². The predicted molar refractivity (Wildman–Crippen MR) is 109 cm³/mol. The molecule has 2 rings (SSSR count). The lowest BCUT2D eigenvalue weighted by Crippen LogP contribution is -2.37. The maximum absolute atomic E-state index is 12.5. The van der Waals surface area contributed by atoms with E-state index < -0.39 is 15.9 Å². The molecule has 0 bridgehead atoms. The Morgan fingerprint density at radius 2 is 1.81 bits per heavy atom. The Bertz CT molecular complexity index is 923. The highest BCUT2D eigenvalue weighted by Gasteiger charge is 2.21. The fourth-order valence-corrected chi connectivity index (χ4v) is 3.38. The summed E-state index contributed by atoms with van der Waals surface area (Å²) < 4.78 is 31.2. The third kappa shape index (κ3) is 5.99. The van der Waals surface area contributed by atoms with E-state index in [1.165, 1.54) is 0 Å². The summed E-state index contributed by atoms with van der Waals surface area (Å²) in [6, 6.07) is 12.3. The van der Waals surface area contributed by atoms with Gasteiger partial charge in [-0.05, 0) is 63.1 Å². The van der Waals surface area contributed by atoms with E-state index in [2.05, 4.69) is 5.32 Å². The Morgan fingerprint density at radius 1 is 1.11 bits per heavy atom. The van der Waals surface area contributed by atoms with Gasteiger partial charge in [0.25, 0.3) is 0 Å². The Labute approximate surface area is 161 Å². The van der Waals surface area contributed by atoms with E-state index in [9.17, 15) is 13.2 Å². The number of rotatable bonds is 7. The first-order chi connectivity index (χ1) is 12.6. The number of ether oxygens (including phenoxy) is 1. The van der Waals surface area contributed by atoms with Crippen molar-refractivity contribution in [1.82, 2.24) is 0 Å². The molecule has 2 aromatic carbocycles. The summed E-state index contributed by atoms with van der Waals surface area (Å²) in [4.78, 5) is 12.5. The molecule has 0 saturated heterocycles. The van der Waals surface area contributed by atoms with Crippen molar-refractivity contribution >= 4 is 27.3 Å². The molecule has 0 fully saturated rings. The van der Waals surface area contributed by atoms with Crippen LogP contribution < -0.4 is 14.4 Å². The molecule has 0 atom stereocenters. The SMILES string of the molecule is Cc1ccc(NC(=O)CN(c2cccc(OC(C)C)c2)S(C)(=O)=O)cc1C. The van der Waals surface area contributed by atoms with E-state index in [0.717, 1.165) is 21.7 Å². The summed E-state index contributed by atoms with van der Waals surface area (Å²) in [5.74, 6) is 0.129. The fraction of sp³-hybridized carbons (Fsp3) is 0.350. The summed E-state index contributed by atoms with van der Waals surface area (Å²) in [5.41, 5.74) is 3.18. The number of anilines is 2. The number of nitrogens with one attached hydrogen (secondary N) is 1. The first kappa shape index (κ1) is 20.8. The number of nitrogens with zero attached hydrogens (tertiary/aromatic N) is 1. The summed E-state index contributed by atoms with van der Waals surface area (Å²) in [6.07, 6.45) is 1.03. The average Bonchev–Trinajstić information content (AvgIpc) is 2.54. The van der Waals surface area contributed by atoms with E-state index in [1.807, 2.05) is 39.8 Å². The molecule has 0 aromatic heterocycles. The molecule has 7 heteroatoms. The molecule has 0 spiro atoms. The number of carbonyl (C=O) groups is 1. The predicted octanol–water partition coefficient (Wildman–Crippen LogP) is 3.50. The number of carbonyl (C=O) groups excluding carboxylic acids is 1. The normalized spacial score (nSPS) is 11.3. The summed E-state index contributed by atoms with van der Waals surface area (Å²) in [5, 5.41) is 2.75. The van der Waals surface area contributed by atoms with Crippen LogP contribution in [0.2, 0.25) is 0 Å². The van der Waals surface area contributed by atoms with Crippen molar-refractivity contribution in [2.75, 3.05) is 22.4 Å². The highest BCUT2D eigenvalue weighted by Crippen LogP contribution is 2.24. The van der Waals surface area contributed by atoms with Crippen LogP contribution in [0.3, 0.4) is 0 Å². The lowest BCUT2D eigenvalue weighted by atomic mass is 10.1. The molecule has 2 aromatic rings. The van der Waals surface area contributed by atoms with Gasteiger partial charge < -0.3 is 10.1 Å². The van der Waals surface area contributed by atoms with Crippen molar-refractivity contribution in [2.45, 2.75) is 33.8 Å². The van der Waals surface area contributed by atoms with Gasteiger partial charge >= 0.3 is 0 Å². The van der Waals surface area contributed by atoms with Gasteiger partial charge in [0, 0.05) is 11.8 Å². The third-order valence-electron chi connectivity index (χ3n) is 3.96. The third-order valence-corrected chi connectivity index (χ3v) is 5.10. The van der Waals surface area contributed by atoms with Gasteiger partial charge in [-0.15, -0.1) is 0 Å². The highest BCUT2D eigenvalue weighted by atomic mass is 32.2. The summed E-state index contributed by atoms with van der Waals surface area (Å²) in [7, 11) is -3.65. The smallest absolute Gasteiger partial charge is 0.245 e. The minimum atomic E-state index is -3.65. The second kappa shape index (κ2) is 8.43. The lowest BCUT2D eigenvalue weighted by Gasteiger charge is -2.23. The number of aryl methyl sites for hydroxylation is 2. The van der Waals surface area contributed by atoms with E-state index in [1.54, 1.807) is 30.3 Å². The fourth-order valence-electron chi connectivity index (χ4n) is 2.53. The van der Waals surface area contributed by atoms with E-state index in [-0.39, 0.29) is 12.6 Å². The van der Waals surface area contributed by atoms with Crippen LogP contribution in [-0.2, 0) is 14.8 Å². The van der Waals surface area contributed by atoms with Crippen LogP contribution in [0.1, 0.15) is 25.0 Å². The van der Waals surface area contributed by atoms with Crippen molar-refractivity contribution in [3.63, 3.8) is 0 Å². The zero-order valence-electron chi connectivity index (χ0n) is 16.3.